The standard InChI is InChI=1S/C18H18ClNO4/c1-12(15-3-2-4-16(19)9-15)20-17(22)11-24-18(23)14-7-5-13(10-21)6-8-14/h2-9,12,21H,10-11H2,1H3,(H,20,22). The van der Waals surface area contributed by atoms with Gasteiger partial charge in [0, 0.05) is 5.02 Å². The number of carbonyl (C=O) groups excluding carboxylic acids is 2. The molecule has 0 aliphatic carbocycles. The number of aliphatic hydroxyl groups excluding tert-OH is 1. The van der Waals surface area contributed by atoms with E-state index in [2.05, 4.69) is 5.32 Å². The van der Waals surface area contributed by atoms with Gasteiger partial charge >= 0.3 is 5.97 Å². The molecule has 24 heavy (non-hydrogen) atoms. The number of aliphatic hydroxyl groups is 1. The van der Waals surface area contributed by atoms with Crippen LogP contribution in [-0.4, -0.2) is 23.6 Å². The third-order valence-electron chi connectivity index (χ3n) is 3.43. The highest BCUT2D eigenvalue weighted by molar-refractivity contribution is 6.30. The van der Waals surface area contributed by atoms with Crippen molar-refractivity contribution in [3.05, 3.63) is 70.2 Å². The van der Waals surface area contributed by atoms with Crippen LogP contribution in [0.25, 0.3) is 0 Å². The van der Waals surface area contributed by atoms with Crippen LogP contribution in [0.15, 0.2) is 48.5 Å². The van der Waals surface area contributed by atoms with Gasteiger partial charge in [0.2, 0.25) is 0 Å². The lowest BCUT2D eigenvalue weighted by molar-refractivity contribution is -0.124. The average molecular weight is 348 g/mol. The second kappa shape index (κ2) is 8.47. The molecule has 0 aliphatic rings. The number of carbonyl (C=O) groups is 2. The molecule has 0 heterocycles. The van der Waals surface area contributed by atoms with Gasteiger partial charge in [0.1, 0.15) is 0 Å². The van der Waals surface area contributed by atoms with Crippen molar-refractivity contribution in [2.45, 2.75) is 19.6 Å². The molecule has 1 unspecified atom stereocenters. The van der Waals surface area contributed by atoms with Gasteiger partial charge in [-0.15, -0.1) is 0 Å². The van der Waals surface area contributed by atoms with Gasteiger partial charge in [0.25, 0.3) is 5.91 Å². The summed E-state index contributed by atoms with van der Waals surface area (Å²) in [5, 5.41) is 12.3. The fraction of sp³-hybridized carbons (Fsp3) is 0.222. The van der Waals surface area contributed by atoms with Gasteiger partial charge < -0.3 is 15.2 Å². The maximum atomic E-state index is 11.9. The van der Waals surface area contributed by atoms with Gasteiger partial charge in [-0.05, 0) is 42.3 Å². The number of amides is 1. The van der Waals surface area contributed by atoms with Crippen molar-refractivity contribution in [2.24, 2.45) is 0 Å². The van der Waals surface area contributed by atoms with E-state index in [0.717, 1.165) is 5.56 Å². The maximum absolute atomic E-state index is 11.9. The minimum atomic E-state index is -0.593. The highest BCUT2D eigenvalue weighted by atomic mass is 35.5. The summed E-state index contributed by atoms with van der Waals surface area (Å²) in [7, 11) is 0. The highest BCUT2D eigenvalue weighted by Gasteiger charge is 2.13. The fourth-order valence-electron chi connectivity index (χ4n) is 2.10. The quantitative estimate of drug-likeness (QED) is 0.788. The third kappa shape index (κ3) is 5.08. The molecule has 0 fully saturated rings. The smallest absolute Gasteiger partial charge is 0.338 e. The van der Waals surface area contributed by atoms with Crippen LogP contribution in [0.3, 0.4) is 0 Å². The molecular weight excluding hydrogens is 330 g/mol. The van der Waals surface area contributed by atoms with E-state index in [0.29, 0.717) is 16.1 Å². The van der Waals surface area contributed by atoms with E-state index >= 15 is 0 Å². The van der Waals surface area contributed by atoms with Crippen molar-refractivity contribution < 1.29 is 19.4 Å². The van der Waals surface area contributed by atoms with Gasteiger partial charge in [-0.2, -0.15) is 0 Å². The van der Waals surface area contributed by atoms with Crippen LogP contribution in [0.4, 0.5) is 0 Å². The minimum Gasteiger partial charge on any atom is -0.452 e. The number of esters is 1. The second-order valence-corrected chi connectivity index (χ2v) is 5.71. The lowest BCUT2D eigenvalue weighted by Gasteiger charge is -2.14. The lowest BCUT2D eigenvalue weighted by Crippen LogP contribution is -2.31. The number of hydrogen-bond donors (Lipinski definition) is 2. The van der Waals surface area contributed by atoms with Crippen molar-refractivity contribution >= 4 is 23.5 Å². The Morgan fingerprint density at radius 2 is 1.92 bits per heavy atom. The predicted molar refractivity (Wildman–Crippen MR) is 90.7 cm³/mol. The summed E-state index contributed by atoms with van der Waals surface area (Å²) in [6.07, 6.45) is 0. The number of halogens is 1. The molecule has 0 saturated carbocycles. The number of nitrogens with one attached hydrogen (secondary N) is 1. The van der Waals surface area contributed by atoms with Crippen molar-refractivity contribution in [1.82, 2.24) is 5.32 Å². The van der Waals surface area contributed by atoms with E-state index in [9.17, 15) is 9.59 Å². The van der Waals surface area contributed by atoms with Gasteiger partial charge in [0.05, 0.1) is 18.2 Å². The summed E-state index contributed by atoms with van der Waals surface area (Å²) >= 11 is 5.92. The molecule has 0 saturated heterocycles. The number of hydrogen-bond acceptors (Lipinski definition) is 4. The van der Waals surface area contributed by atoms with E-state index in [1.165, 1.54) is 0 Å². The Morgan fingerprint density at radius 3 is 2.54 bits per heavy atom. The zero-order chi connectivity index (χ0) is 17.5. The molecule has 0 aliphatic heterocycles. The third-order valence-corrected chi connectivity index (χ3v) is 3.67. The molecule has 2 rings (SSSR count). The second-order valence-electron chi connectivity index (χ2n) is 5.28. The first-order chi connectivity index (χ1) is 11.5. The van der Waals surface area contributed by atoms with E-state index in [1.54, 1.807) is 42.5 Å². The Balaban J connectivity index is 1.84. The van der Waals surface area contributed by atoms with E-state index in [-0.39, 0.29) is 19.3 Å². The molecule has 2 N–H and O–H groups in total. The Kier molecular flexibility index (Phi) is 6.35. The van der Waals surface area contributed by atoms with Crippen molar-refractivity contribution in [1.29, 1.82) is 0 Å². The molecule has 2 aromatic carbocycles. The molecule has 1 amide bonds. The maximum Gasteiger partial charge on any atom is 0.338 e. The topological polar surface area (TPSA) is 75.6 Å². The van der Waals surface area contributed by atoms with Crippen molar-refractivity contribution in [3.8, 4) is 0 Å². The zero-order valence-corrected chi connectivity index (χ0v) is 13.9. The highest BCUT2D eigenvalue weighted by Crippen LogP contribution is 2.17. The lowest BCUT2D eigenvalue weighted by atomic mass is 10.1. The predicted octanol–water partition coefficient (Wildman–Crippen LogP) is 2.87. The minimum absolute atomic E-state index is 0.0981. The van der Waals surface area contributed by atoms with Crippen LogP contribution in [-0.2, 0) is 16.1 Å². The summed E-state index contributed by atoms with van der Waals surface area (Å²) in [6, 6.07) is 13.3. The van der Waals surface area contributed by atoms with Gasteiger partial charge in [0.15, 0.2) is 6.61 Å². The number of ether oxygens (including phenoxy) is 1. The Bertz CT molecular complexity index is 715. The van der Waals surface area contributed by atoms with Crippen LogP contribution < -0.4 is 5.32 Å². The largest absolute Gasteiger partial charge is 0.452 e. The molecular formula is C18H18ClNO4. The Hall–Kier alpha value is -2.37. The molecule has 1 atom stereocenters. The van der Waals surface area contributed by atoms with Gasteiger partial charge in [-0.1, -0.05) is 35.9 Å². The Morgan fingerprint density at radius 1 is 1.21 bits per heavy atom. The van der Waals surface area contributed by atoms with Gasteiger partial charge in [-0.3, -0.25) is 4.79 Å². The molecule has 2 aromatic rings. The van der Waals surface area contributed by atoms with Crippen LogP contribution in [0.1, 0.15) is 34.5 Å². The molecule has 0 radical (unpaired) electrons. The van der Waals surface area contributed by atoms with Crippen molar-refractivity contribution in [2.75, 3.05) is 6.61 Å². The van der Waals surface area contributed by atoms with E-state index < -0.39 is 11.9 Å². The zero-order valence-electron chi connectivity index (χ0n) is 13.2. The first-order valence-electron chi connectivity index (χ1n) is 7.41. The van der Waals surface area contributed by atoms with E-state index in [1.807, 2.05) is 13.0 Å². The molecule has 126 valence electrons. The molecule has 5 nitrogen and oxygen atoms in total. The van der Waals surface area contributed by atoms with Crippen molar-refractivity contribution in [3.63, 3.8) is 0 Å². The summed E-state index contributed by atoms with van der Waals surface area (Å²) in [5.41, 5.74) is 1.88. The number of rotatable bonds is 6. The number of benzene rings is 2. The van der Waals surface area contributed by atoms with Gasteiger partial charge in [-0.25, -0.2) is 4.79 Å². The Labute approximate surface area is 145 Å². The fourth-order valence-corrected chi connectivity index (χ4v) is 2.30. The average Bonchev–Trinajstić information content (AvgIpc) is 2.59. The molecule has 0 aromatic heterocycles. The molecule has 6 heteroatoms. The summed E-state index contributed by atoms with van der Waals surface area (Å²) < 4.78 is 4.98. The van der Waals surface area contributed by atoms with Crippen LogP contribution in [0, 0.1) is 0 Å². The summed E-state index contributed by atoms with van der Waals surface area (Å²) in [6.45, 7) is 1.35. The SMILES string of the molecule is CC(NC(=O)COC(=O)c1ccc(CO)cc1)c1cccc(Cl)c1. The normalized spacial score (nSPS) is 11.6. The van der Waals surface area contributed by atoms with E-state index in [4.69, 9.17) is 21.4 Å². The van der Waals surface area contributed by atoms with Crippen LogP contribution in [0.2, 0.25) is 5.02 Å². The summed E-state index contributed by atoms with van der Waals surface area (Å²) in [5.74, 6) is -0.993. The summed E-state index contributed by atoms with van der Waals surface area (Å²) in [4.78, 5) is 23.8. The van der Waals surface area contributed by atoms with Crippen LogP contribution in [0.5, 0.6) is 0 Å². The monoisotopic (exact) mass is 347 g/mol. The van der Waals surface area contributed by atoms with Crippen LogP contribution >= 0.6 is 11.6 Å². The molecule has 0 bridgehead atoms. The first kappa shape index (κ1) is 18.0. The first-order valence-corrected chi connectivity index (χ1v) is 7.79. The molecule has 0 spiro atoms.